The highest BCUT2D eigenvalue weighted by molar-refractivity contribution is 8.00. The molecule has 1 rings (SSSR count). The van der Waals surface area contributed by atoms with E-state index in [9.17, 15) is 21.6 Å². The molecular weight excluding hydrogens is 275 g/mol. The van der Waals surface area contributed by atoms with E-state index in [0.717, 1.165) is 17.8 Å². The normalized spacial score (nSPS) is 12.7. The number of hydrogen-bond acceptors (Lipinski definition) is 3. The van der Waals surface area contributed by atoms with Crippen LogP contribution in [0.1, 0.15) is 5.56 Å². The van der Waals surface area contributed by atoms with Gasteiger partial charge in [0.05, 0.1) is 11.3 Å². The van der Waals surface area contributed by atoms with E-state index in [1.54, 1.807) is 0 Å². The Morgan fingerprint density at radius 3 is 2.35 bits per heavy atom. The van der Waals surface area contributed by atoms with Crippen LogP contribution in [0.3, 0.4) is 0 Å². The highest BCUT2D eigenvalue weighted by atomic mass is 32.2. The average molecular weight is 285 g/mol. The van der Waals surface area contributed by atoms with Gasteiger partial charge < -0.3 is 0 Å². The van der Waals surface area contributed by atoms with Gasteiger partial charge in [0.25, 0.3) is 0 Å². The average Bonchev–Trinajstić information content (AvgIpc) is 2.15. The van der Waals surface area contributed by atoms with Crippen molar-refractivity contribution in [3.8, 4) is 0 Å². The first kappa shape index (κ1) is 14.3. The van der Waals surface area contributed by atoms with Crippen molar-refractivity contribution in [3.63, 3.8) is 0 Å². The van der Waals surface area contributed by atoms with Crippen LogP contribution in [0.15, 0.2) is 29.2 Å². The topological polar surface area (TPSA) is 60.2 Å². The molecule has 2 N–H and O–H groups in total. The van der Waals surface area contributed by atoms with Crippen molar-refractivity contribution in [1.29, 1.82) is 0 Å². The molecule has 0 aliphatic rings. The first-order chi connectivity index (χ1) is 7.70. The van der Waals surface area contributed by atoms with Crippen LogP contribution in [0.25, 0.3) is 0 Å². The van der Waals surface area contributed by atoms with Crippen molar-refractivity contribution >= 4 is 21.8 Å². The lowest BCUT2D eigenvalue weighted by Crippen LogP contribution is -2.18. The second-order valence-corrected chi connectivity index (χ2v) is 6.08. The predicted octanol–water partition coefficient (Wildman–Crippen LogP) is 2.09. The minimum Gasteiger partial charge on any atom is -0.229 e. The van der Waals surface area contributed by atoms with Crippen molar-refractivity contribution < 1.29 is 21.6 Å². The van der Waals surface area contributed by atoms with E-state index in [1.165, 1.54) is 18.2 Å². The molecule has 0 atom stereocenters. The minimum atomic E-state index is -4.44. The van der Waals surface area contributed by atoms with Crippen molar-refractivity contribution in [3.05, 3.63) is 29.8 Å². The molecule has 1 aromatic rings. The summed E-state index contributed by atoms with van der Waals surface area (Å²) in [5, 5.41) is 4.76. The lowest BCUT2D eigenvalue weighted by Gasteiger charge is -2.11. The third kappa shape index (κ3) is 4.97. The number of rotatable bonds is 4. The van der Waals surface area contributed by atoms with Crippen molar-refractivity contribution in [1.82, 2.24) is 0 Å². The third-order valence-electron chi connectivity index (χ3n) is 1.82. The summed E-state index contributed by atoms with van der Waals surface area (Å²) in [5.74, 6) is -0.365. The van der Waals surface area contributed by atoms with Gasteiger partial charge in [0.1, 0.15) is 0 Å². The van der Waals surface area contributed by atoms with E-state index >= 15 is 0 Å². The molecule has 0 aromatic heterocycles. The molecule has 96 valence electrons. The summed E-state index contributed by atoms with van der Waals surface area (Å²) in [5.41, 5.74) is -0.764. The number of halogens is 3. The van der Waals surface area contributed by atoms with Gasteiger partial charge in [-0.3, -0.25) is 0 Å². The maximum Gasteiger partial charge on any atom is 0.417 e. The smallest absolute Gasteiger partial charge is 0.229 e. The molecule has 0 unspecified atom stereocenters. The number of alkyl halides is 3. The number of thioether (sulfide) groups is 1. The van der Waals surface area contributed by atoms with Crippen LogP contribution in [-0.4, -0.2) is 19.9 Å². The first-order valence-corrected chi connectivity index (χ1v) is 7.20. The van der Waals surface area contributed by atoms with Crippen LogP contribution in [0, 0.1) is 0 Å². The number of nitrogens with two attached hydrogens (primary N) is 1. The number of hydrogen-bond donors (Lipinski definition) is 1. The van der Waals surface area contributed by atoms with Gasteiger partial charge in [-0.05, 0) is 12.1 Å². The first-order valence-electron chi connectivity index (χ1n) is 4.49. The summed E-state index contributed by atoms with van der Waals surface area (Å²) in [6, 6.07) is 5.01. The Morgan fingerprint density at radius 2 is 1.82 bits per heavy atom. The Hall–Kier alpha value is -0.730. The monoisotopic (exact) mass is 285 g/mol. The summed E-state index contributed by atoms with van der Waals surface area (Å²) in [7, 11) is -3.64. The Morgan fingerprint density at radius 1 is 1.24 bits per heavy atom. The van der Waals surface area contributed by atoms with Gasteiger partial charge in [0, 0.05) is 10.6 Å². The summed E-state index contributed by atoms with van der Waals surface area (Å²) in [4.78, 5) is 0.00338. The zero-order valence-corrected chi connectivity index (χ0v) is 10.2. The Balaban J connectivity index is 2.78. The molecule has 8 heteroatoms. The zero-order chi connectivity index (χ0) is 13.1. The summed E-state index contributed by atoms with van der Waals surface area (Å²) < 4.78 is 59.0. The standard InChI is InChI=1S/C9H10F3NO2S2/c10-9(11,12)7-3-1-2-4-8(7)16-5-6-17(13,14)15/h1-4H,5-6H2,(H2,13,14,15). The molecule has 0 heterocycles. The Kier molecular flexibility index (Phi) is 4.45. The third-order valence-corrected chi connectivity index (χ3v) is 3.92. The maximum atomic E-state index is 12.6. The van der Waals surface area contributed by atoms with E-state index in [1.807, 2.05) is 0 Å². The molecule has 0 radical (unpaired) electrons. The van der Waals surface area contributed by atoms with Crippen molar-refractivity contribution in [2.24, 2.45) is 5.14 Å². The zero-order valence-electron chi connectivity index (χ0n) is 8.57. The molecule has 0 amide bonds. The van der Waals surface area contributed by atoms with Crippen LogP contribution in [0.4, 0.5) is 13.2 Å². The molecule has 17 heavy (non-hydrogen) atoms. The maximum absolute atomic E-state index is 12.6. The van der Waals surface area contributed by atoms with Gasteiger partial charge in [0.2, 0.25) is 10.0 Å². The number of primary sulfonamides is 1. The number of sulfonamides is 1. The van der Waals surface area contributed by atoms with Crippen LogP contribution in [0.2, 0.25) is 0 Å². The molecule has 0 saturated heterocycles. The Labute approximate surface area is 101 Å². The van der Waals surface area contributed by atoms with Gasteiger partial charge in [-0.2, -0.15) is 13.2 Å². The largest absolute Gasteiger partial charge is 0.417 e. The quantitative estimate of drug-likeness (QED) is 0.862. The van der Waals surface area contributed by atoms with E-state index in [2.05, 4.69) is 0 Å². The molecule has 3 nitrogen and oxygen atoms in total. The molecule has 1 aromatic carbocycles. The minimum absolute atomic E-state index is 0.00338. The highest BCUT2D eigenvalue weighted by Crippen LogP contribution is 2.36. The fraction of sp³-hybridized carbons (Fsp3) is 0.333. The lowest BCUT2D eigenvalue weighted by atomic mass is 10.2. The van der Waals surface area contributed by atoms with Crippen LogP contribution >= 0.6 is 11.8 Å². The number of benzene rings is 1. The van der Waals surface area contributed by atoms with Gasteiger partial charge in [-0.15, -0.1) is 11.8 Å². The summed E-state index contributed by atoms with van der Waals surface area (Å²) in [6.07, 6.45) is -4.44. The van der Waals surface area contributed by atoms with Gasteiger partial charge in [0.15, 0.2) is 0 Å². The van der Waals surface area contributed by atoms with Crippen molar-refractivity contribution in [2.75, 3.05) is 11.5 Å². The van der Waals surface area contributed by atoms with Crippen molar-refractivity contribution in [2.45, 2.75) is 11.1 Å². The second-order valence-electron chi connectivity index (χ2n) is 3.21. The fourth-order valence-corrected chi connectivity index (χ4v) is 3.09. The molecule has 0 aliphatic heterocycles. The molecule has 0 spiro atoms. The molecule has 0 saturated carbocycles. The van der Waals surface area contributed by atoms with E-state index in [4.69, 9.17) is 5.14 Å². The molecular formula is C9H10F3NO2S2. The van der Waals surface area contributed by atoms with Crippen LogP contribution in [-0.2, 0) is 16.2 Å². The van der Waals surface area contributed by atoms with Gasteiger partial charge >= 0.3 is 6.18 Å². The lowest BCUT2D eigenvalue weighted by molar-refractivity contribution is -0.139. The highest BCUT2D eigenvalue weighted by Gasteiger charge is 2.33. The predicted molar refractivity (Wildman–Crippen MR) is 60.1 cm³/mol. The van der Waals surface area contributed by atoms with Crippen LogP contribution in [0.5, 0.6) is 0 Å². The summed E-state index contributed by atoms with van der Waals surface area (Å²) in [6.45, 7) is 0. The second kappa shape index (κ2) is 5.28. The summed E-state index contributed by atoms with van der Waals surface area (Å²) >= 11 is 0.822. The van der Waals surface area contributed by atoms with E-state index in [0.29, 0.717) is 0 Å². The molecule has 0 aliphatic carbocycles. The SMILES string of the molecule is NS(=O)(=O)CCSc1ccccc1C(F)(F)F. The molecule has 0 bridgehead atoms. The Bertz CT molecular complexity index is 485. The van der Waals surface area contributed by atoms with Gasteiger partial charge in [-0.25, -0.2) is 13.6 Å². The van der Waals surface area contributed by atoms with E-state index in [-0.39, 0.29) is 16.4 Å². The van der Waals surface area contributed by atoms with E-state index < -0.39 is 21.8 Å². The van der Waals surface area contributed by atoms with Gasteiger partial charge in [-0.1, -0.05) is 12.1 Å². The fourth-order valence-electron chi connectivity index (χ4n) is 1.09. The van der Waals surface area contributed by atoms with Crippen LogP contribution < -0.4 is 5.14 Å². The molecule has 0 fully saturated rings.